The fourth-order valence-electron chi connectivity index (χ4n) is 2.19. The quantitative estimate of drug-likeness (QED) is 0.486. The molecule has 0 unspecified atom stereocenters. The minimum Gasteiger partial charge on any atom is -0.393 e. The number of nitro groups is 1. The van der Waals surface area contributed by atoms with Crippen molar-refractivity contribution in [3.63, 3.8) is 0 Å². The molecule has 0 aliphatic carbocycles. The lowest BCUT2D eigenvalue weighted by Crippen LogP contribution is -2.50. The molecule has 6 nitrogen and oxygen atoms in total. The minimum absolute atomic E-state index is 0.0269. The van der Waals surface area contributed by atoms with Crippen LogP contribution in [0, 0.1) is 10.1 Å². The molecule has 18 heavy (non-hydrogen) atoms. The summed E-state index contributed by atoms with van der Waals surface area (Å²) in [5, 5.41) is 10.7. The van der Waals surface area contributed by atoms with E-state index in [1.807, 2.05) is 0 Å². The predicted molar refractivity (Wildman–Crippen MR) is 71.8 cm³/mol. The summed E-state index contributed by atoms with van der Waals surface area (Å²) in [4.78, 5) is 14.8. The number of piperazine rings is 1. The SMILES string of the molecule is C[C@H]1CN(c2ccc([N+](=O)[O-])c(N)c2)CCN1C. The Hall–Kier alpha value is -1.82. The zero-order chi connectivity index (χ0) is 13.3. The average Bonchev–Trinajstić information content (AvgIpc) is 2.32. The first-order chi connectivity index (χ1) is 8.49. The van der Waals surface area contributed by atoms with Gasteiger partial charge in [0.05, 0.1) is 4.92 Å². The van der Waals surface area contributed by atoms with E-state index in [0.717, 1.165) is 25.3 Å². The highest BCUT2D eigenvalue weighted by molar-refractivity contribution is 5.66. The highest BCUT2D eigenvalue weighted by atomic mass is 16.6. The molecule has 1 aliphatic rings. The van der Waals surface area contributed by atoms with E-state index in [4.69, 9.17) is 5.73 Å². The number of hydrogen-bond acceptors (Lipinski definition) is 5. The van der Waals surface area contributed by atoms with E-state index in [9.17, 15) is 10.1 Å². The van der Waals surface area contributed by atoms with Crippen LogP contribution < -0.4 is 10.6 Å². The third kappa shape index (κ3) is 2.38. The normalized spacial score (nSPS) is 21.0. The Morgan fingerprint density at radius 3 is 2.72 bits per heavy atom. The van der Waals surface area contributed by atoms with Crippen LogP contribution in [0.3, 0.4) is 0 Å². The number of nitrogens with zero attached hydrogens (tertiary/aromatic N) is 3. The number of anilines is 2. The van der Waals surface area contributed by atoms with Crippen LogP contribution in [0.15, 0.2) is 18.2 Å². The van der Waals surface area contributed by atoms with Gasteiger partial charge < -0.3 is 15.5 Å². The molecule has 2 N–H and O–H groups in total. The number of nitro benzene ring substituents is 1. The van der Waals surface area contributed by atoms with Crippen LogP contribution in [0.25, 0.3) is 0 Å². The molecule has 0 bridgehead atoms. The number of rotatable bonds is 2. The molecule has 98 valence electrons. The Balaban J connectivity index is 2.19. The third-order valence-electron chi connectivity index (χ3n) is 3.53. The molecule has 0 aromatic heterocycles. The van der Waals surface area contributed by atoms with Gasteiger partial charge in [0.1, 0.15) is 5.69 Å². The van der Waals surface area contributed by atoms with Crippen LogP contribution in [-0.2, 0) is 0 Å². The Kier molecular flexibility index (Phi) is 3.38. The lowest BCUT2D eigenvalue weighted by atomic mass is 10.1. The van der Waals surface area contributed by atoms with Crippen molar-refractivity contribution in [2.45, 2.75) is 13.0 Å². The molecule has 1 aliphatic heterocycles. The van der Waals surface area contributed by atoms with Gasteiger partial charge in [0, 0.05) is 37.4 Å². The Bertz CT molecular complexity index is 463. The number of nitrogens with two attached hydrogens (primary N) is 1. The molecule has 0 saturated carbocycles. The van der Waals surface area contributed by atoms with E-state index < -0.39 is 4.92 Å². The zero-order valence-corrected chi connectivity index (χ0v) is 10.7. The van der Waals surface area contributed by atoms with Crippen LogP contribution in [-0.4, -0.2) is 42.5 Å². The first-order valence-corrected chi connectivity index (χ1v) is 5.98. The summed E-state index contributed by atoms with van der Waals surface area (Å²) in [6.45, 7) is 4.98. The van der Waals surface area contributed by atoms with Crippen molar-refractivity contribution in [3.8, 4) is 0 Å². The molecule has 1 saturated heterocycles. The van der Waals surface area contributed by atoms with E-state index >= 15 is 0 Å². The standard InChI is InChI=1S/C12H18N4O2/c1-9-8-15(6-5-14(9)2)10-3-4-12(16(17)18)11(13)7-10/h3-4,7,9H,5-6,8,13H2,1-2H3/t9-/m0/s1. The van der Waals surface area contributed by atoms with Crippen LogP contribution in [0.5, 0.6) is 0 Å². The molecular weight excluding hydrogens is 232 g/mol. The number of benzene rings is 1. The van der Waals surface area contributed by atoms with Gasteiger partial charge in [-0.25, -0.2) is 0 Å². The van der Waals surface area contributed by atoms with Gasteiger partial charge in [0.15, 0.2) is 0 Å². The first-order valence-electron chi connectivity index (χ1n) is 5.98. The third-order valence-corrected chi connectivity index (χ3v) is 3.53. The lowest BCUT2D eigenvalue weighted by molar-refractivity contribution is -0.383. The van der Waals surface area contributed by atoms with Crippen LogP contribution in [0.4, 0.5) is 17.1 Å². The summed E-state index contributed by atoms with van der Waals surface area (Å²) in [6, 6.07) is 5.41. The van der Waals surface area contributed by atoms with Crippen molar-refractivity contribution in [2.75, 3.05) is 37.3 Å². The van der Waals surface area contributed by atoms with Crippen LogP contribution >= 0.6 is 0 Å². The topological polar surface area (TPSA) is 75.6 Å². The second-order valence-electron chi connectivity index (χ2n) is 4.78. The summed E-state index contributed by atoms with van der Waals surface area (Å²) < 4.78 is 0. The first kappa shape index (κ1) is 12.6. The van der Waals surface area contributed by atoms with Crippen molar-refractivity contribution in [2.24, 2.45) is 0 Å². The highest BCUT2D eigenvalue weighted by Gasteiger charge is 2.22. The van der Waals surface area contributed by atoms with Crippen LogP contribution in [0.2, 0.25) is 0 Å². The summed E-state index contributed by atoms with van der Waals surface area (Å²) in [6.07, 6.45) is 0. The van der Waals surface area contributed by atoms with Gasteiger partial charge >= 0.3 is 0 Å². The van der Waals surface area contributed by atoms with Crippen molar-refractivity contribution in [1.82, 2.24) is 4.90 Å². The van der Waals surface area contributed by atoms with Gasteiger partial charge in [0.2, 0.25) is 0 Å². The van der Waals surface area contributed by atoms with Gasteiger partial charge in [-0.3, -0.25) is 10.1 Å². The largest absolute Gasteiger partial charge is 0.393 e. The van der Waals surface area contributed by atoms with Gasteiger partial charge in [-0.2, -0.15) is 0 Å². The molecule has 1 fully saturated rings. The summed E-state index contributed by atoms with van der Waals surface area (Å²) >= 11 is 0. The van der Waals surface area contributed by atoms with Crippen molar-refractivity contribution in [3.05, 3.63) is 28.3 Å². The van der Waals surface area contributed by atoms with Crippen molar-refractivity contribution >= 4 is 17.1 Å². The van der Waals surface area contributed by atoms with Gasteiger partial charge in [-0.1, -0.05) is 0 Å². The number of nitrogen functional groups attached to an aromatic ring is 1. The second-order valence-corrected chi connectivity index (χ2v) is 4.78. The monoisotopic (exact) mass is 250 g/mol. The van der Waals surface area contributed by atoms with Gasteiger partial charge in [-0.05, 0) is 26.1 Å². The molecular formula is C12H18N4O2. The maximum atomic E-state index is 10.7. The second kappa shape index (κ2) is 4.81. The Morgan fingerprint density at radius 2 is 2.17 bits per heavy atom. The van der Waals surface area contributed by atoms with Crippen molar-refractivity contribution < 1.29 is 4.92 Å². The molecule has 0 spiro atoms. The zero-order valence-electron chi connectivity index (χ0n) is 10.7. The predicted octanol–water partition coefficient (Wildman–Crippen LogP) is 1.32. The number of likely N-dealkylation sites (N-methyl/N-ethyl adjacent to an activating group) is 1. The fourth-order valence-corrected chi connectivity index (χ4v) is 2.19. The Labute approximate surface area is 106 Å². The highest BCUT2D eigenvalue weighted by Crippen LogP contribution is 2.28. The Morgan fingerprint density at radius 1 is 1.44 bits per heavy atom. The summed E-state index contributed by atoms with van der Waals surface area (Å²) in [5.74, 6) is 0. The number of hydrogen-bond donors (Lipinski definition) is 1. The lowest BCUT2D eigenvalue weighted by Gasteiger charge is -2.39. The molecule has 0 amide bonds. The molecule has 1 aromatic carbocycles. The van der Waals surface area contributed by atoms with E-state index in [-0.39, 0.29) is 11.4 Å². The fraction of sp³-hybridized carbons (Fsp3) is 0.500. The maximum absolute atomic E-state index is 10.7. The molecule has 2 rings (SSSR count). The average molecular weight is 250 g/mol. The molecule has 1 aromatic rings. The molecule has 1 heterocycles. The van der Waals surface area contributed by atoms with E-state index in [1.54, 1.807) is 12.1 Å². The summed E-state index contributed by atoms with van der Waals surface area (Å²) in [7, 11) is 2.10. The summed E-state index contributed by atoms with van der Waals surface area (Å²) in [5.41, 5.74) is 6.87. The van der Waals surface area contributed by atoms with Gasteiger partial charge in [0.25, 0.3) is 5.69 Å². The van der Waals surface area contributed by atoms with Crippen LogP contribution in [0.1, 0.15) is 6.92 Å². The maximum Gasteiger partial charge on any atom is 0.292 e. The van der Waals surface area contributed by atoms with Gasteiger partial charge in [-0.15, -0.1) is 0 Å². The van der Waals surface area contributed by atoms with Crippen molar-refractivity contribution in [1.29, 1.82) is 0 Å². The van der Waals surface area contributed by atoms with E-state index in [2.05, 4.69) is 23.8 Å². The minimum atomic E-state index is -0.453. The smallest absolute Gasteiger partial charge is 0.292 e. The molecule has 6 heteroatoms. The van der Waals surface area contributed by atoms with E-state index in [1.165, 1.54) is 6.07 Å². The van der Waals surface area contributed by atoms with E-state index in [0.29, 0.717) is 6.04 Å². The molecule has 0 radical (unpaired) electrons. The molecule has 1 atom stereocenters.